The van der Waals surface area contributed by atoms with Gasteiger partial charge in [0.1, 0.15) is 5.75 Å². The van der Waals surface area contributed by atoms with Gasteiger partial charge in [0.05, 0.1) is 7.11 Å². The minimum absolute atomic E-state index is 0.897. The second-order valence-electron chi connectivity index (χ2n) is 4.18. The molecule has 0 aliphatic heterocycles. The van der Waals surface area contributed by atoms with Gasteiger partial charge in [0.2, 0.25) is 0 Å². The van der Waals surface area contributed by atoms with Gasteiger partial charge in [-0.2, -0.15) is 0 Å². The Morgan fingerprint density at radius 1 is 1.06 bits per heavy atom. The summed E-state index contributed by atoms with van der Waals surface area (Å²) < 4.78 is 6.57. The maximum absolute atomic E-state index is 5.28. The number of aromatic nitrogens is 1. The number of nitrogens with one attached hydrogen (secondary N) is 1. The van der Waals surface area contributed by atoms with Gasteiger partial charge in [0.25, 0.3) is 0 Å². The summed E-state index contributed by atoms with van der Waals surface area (Å²) in [4.78, 5) is 3.44. The molecule has 0 atom stereocenters. The van der Waals surface area contributed by atoms with Crippen molar-refractivity contribution >= 4 is 44.4 Å². The lowest BCUT2D eigenvalue weighted by Gasteiger charge is -2.00. The number of methoxy groups -OCH3 is 1. The Morgan fingerprint density at radius 2 is 1.82 bits per heavy atom. The largest absolute Gasteiger partial charge is 0.497 e. The number of hydrogen-bond acceptors (Lipinski definition) is 1. The Morgan fingerprint density at radius 3 is 2.59 bits per heavy atom. The van der Waals surface area contributed by atoms with Crippen LogP contribution in [0.1, 0.15) is 5.56 Å². The number of ether oxygens (including phenoxy) is 1. The molecule has 3 heteroatoms. The summed E-state index contributed by atoms with van der Waals surface area (Å²) in [5, 5.41) is 2.48. The molecule has 3 rings (SSSR count). The molecular weight excluding hydrogens is 325 g/mol. The van der Waals surface area contributed by atoms with Crippen LogP contribution >= 0.6 is 22.6 Å². The van der Waals surface area contributed by atoms with Crippen LogP contribution in [0.3, 0.4) is 0 Å². The zero-order chi connectivity index (χ0) is 12.0. The van der Waals surface area contributed by atoms with E-state index in [0.717, 1.165) is 11.3 Å². The molecule has 17 heavy (non-hydrogen) atoms. The summed E-state index contributed by atoms with van der Waals surface area (Å²) in [6.07, 6.45) is 0. The van der Waals surface area contributed by atoms with Gasteiger partial charge in [-0.1, -0.05) is 0 Å². The maximum atomic E-state index is 5.28. The van der Waals surface area contributed by atoms with Crippen LogP contribution < -0.4 is 4.74 Å². The second-order valence-corrected chi connectivity index (χ2v) is 5.35. The molecule has 0 aliphatic rings. The van der Waals surface area contributed by atoms with Crippen LogP contribution in [-0.4, -0.2) is 12.1 Å². The number of H-pyrrole nitrogens is 1. The lowest BCUT2D eigenvalue weighted by Crippen LogP contribution is -1.81. The van der Waals surface area contributed by atoms with Crippen molar-refractivity contribution < 1.29 is 4.74 Å². The minimum atomic E-state index is 0.897. The van der Waals surface area contributed by atoms with Crippen molar-refractivity contribution in [2.75, 3.05) is 7.11 Å². The summed E-state index contributed by atoms with van der Waals surface area (Å²) >= 11 is 2.38. The number of benzene rings is 2. The second kappa shape index (κ2) is 3.91. The SMILES string of the molecule is COc1ccc2[nH]c3cc(C)c(I)cc3c2c1. The zero-order valence-electron chi connectivity index (χ0n) is 9.67. The molecule has 0 amide bonds. The number of aryl methyl sites for hydroxylation is 1. The average Bonchev–Trinajstić information content (AvgIpc) is 2.67. The first kappa shape index (κ1) is 10.9. The Labute approximate surface area is 113 Å². The summed E-state index contributed by atoms with van der Waals surface area (Å²) in [5.41, 5.74) is 3.64. The molecule has 0 bridgehead atoms. The summed E-state index contributed by atoms with van der Waals surface area (Å²) in [5.74, 6) is 0.897. The Bertz CT molecular complexity index is 715. The van der Waals surface area contributed by atoms with E-state index < -0.39 is 0 Å². The van der Waals surface area contributed by atoms with Gasteiger partial charge in [0, 0.05) is 25.4 Å². The highest BCUT2D eigenvalue weighted by molar-refractivity contribution is 14.1. The molecule has 0 saturated carbocycles. The van der Waals surface area contributed by atoms with Crippen molar-refractivity contribution in [3.8, 4) is 5.75 Å². The van der Waals surface area contributed by atoms with Gasteiger partial charge in [0.15, 0.2) is 0 Å². The summed E-state index contributed by atoms with van der Waals surface area (Å²) in [6, 6.07) is 10.6. The molecule has 0 fully saturated rings. The zero-order valence-corrected chi connectivity index (χ0v) is 11.8. The molecule has 2 nitrogen and oxygen atoms in total. The molecule has 0 radical (unpaired) electrons. The molecule has 86 valence electrons. The van der Waals surface area contributed by atoms with Crippen LogP contribution in [0.2, 0.25) is 0 Å². The smallest absolute Gasteiger partial charge is 0.119 e. The molecule has 0 unspecified atom stereocenters. The first-order valence-electron chi connectivity index (χ1n) is 5.44. The van der Waals surface area contributed by atoms with Gasteiger partial charge < -0.3 is 9.72 Å². The van der Waals surface area contributed by atoms with Crippen molar-refractivity contribution in [1.82, 2.24) is 4.98 Å². The quantitative estimate of drug-likeness (QED) is 0.660. The van der Waals surface area contributed by atoms with Crippen LogP contribution in [-0.2, 0) is 0 Å². The van der Waals surface area contributed by atoms with E-state index in [2.05, 4.69) is 58.8 Å². The van der Waals surface area contributed by atoms with E-state index in [0.29, 0.717) is 0 Å². The first-order valence-corrected chi connectivity index (χ1v) is 6.52. The van der Waals surface area contributed by atoms with Crippen LogP contribution in [0, 0.1) is 10.5 Å². The third kappa shape index (κ3) is 1.69. The molecule has 1 aromatic heterocycles. The van der Waals surface area contributed by atoms with E-state index in [4.69, 9.17) is 4.74 Å². The van der Waals surface area contributed by atoms with Crippen LogP contribution in [0.5, 0.6) is 5.75 Å². The predicted molar refractivity (Wildman–Crippen MR) is 79.8 cm³/mol. The van der Waals surface area contributed by atoms with E-state index in [-0.39, 0.29) is 0 Å². The van der Waals surface area contributed by atoms with Gasteiger partial charge in [-0.05, 0) is 65.4 Å². The van der Waals surface area contributed by atoms with Gasteiger partial charge in [-0.15, -0.1) is 0 Å². The molecule has 0 aliphatic carbocycles. The fourth-order valence-corrected chi connectivity index (χ4v) is 2.60. The van der Waals surface area contributed by atoms with Gasteiger partial charge in [-0.25, -0.2) is 0 Å². The topological polar surface area (TPSA) is 25.0 Å². The molecule has 1 heterocycles. The highest BCUT2D eigenvalue weighted by atomic mass is 127. The third-order valence-corrected chi connectivity index (χ3v) is 4.25. The van der Waals surface area contributed by atoms with Gasteiger partial charge in [-0.3, -0.25) is 0 Å². The fourth-order valence-electron chi connectivity index (χ4n) is 2.14. The molecular formula is C14H12INO. The van der Waals surface area contributed by atoms with Crippen molar-refractivity contribution in [2.45, 2.75) is 6.92 Å². The monoisotopic (exact) mass is 337 g/mol. The van der Waals surface area contributed by atoms with E-state index in [9.17, 15) is 0 Å². The average molecular weight is 337 g/mol. The van der Waals surface area contributed by atoms with E-state index >= 15 is 0 Å². The molecule has 2 aromatic carbocycles. The Balaban J connectivity index is 2.44. The highest BCUT2D eigenvalue weighted by Gasteiger charge is 2.07. The lowest BCUT2D eigenvalue weighted by atomic mass is 10.1. The normalized spacial score (nSPS) is 11.2. The fraction of sp³-hybridized carbons (Fsp3) is 0.143. The predicted octanol–water partition coefficient (Wildman–Crippen LogP) is 4.24. The number of halogens is 1. The van der Waals surface area contributed by atoms with Crippen LogP contribution in [0.4, 0.5) is 0 Å². The lowest BCUT2D eigenvalue weighted by molar-refractivity contribution is 0.415. The minimum Gasteiger partial charge on any atom is -0.497 e. The van der Waals surface area contributed by atoms with E-state index in [1.165, 1.54) is 25.4 Å². The first-order chi connectivity index (χ1) is 8.19. The summed E-state index contributed by atoms with van der Waals surface area (Å²) in [7, 11) is 1.70. The van der Waals surface area contributed by atoms with Crippen molar-refractivity contribution in [3.63, 3.8) is 0 Å². The maximum Gasteiger partial charge on any atom is 0.119 e. The van der Waals surface area contributed by atoms with Crippen LogP contribution in [0.15, 0.2) is 30.3 Å². The molecule has 0 spiro atoms. The molecule has 1 N–H and O–H groups in total. The van der Waals surface area contributed by atoms with E-state index in [1.54, 1.807) is 7.11 Å². The summed E-state index contributed by atoms with van der Waals surface area (Å²) in [6.45, 7) is 2.13. The van der Waals surface area contributed by atoms with Crippen molar-refractivity contribution in [2.24, 2.45) is 0 Å². The Kier molecular flexibility index (Phi) is 2.50. The standard InChI is InChI=1S/C14H12INO/c1-8-5-14-11(7-12(8)15)10-6-9(17-2)3-4-13(10)16-14/h3-7,16H,1-2H3. The van der Waals surface area contributed by atoms with E-state index in [1.807, 2.05) is 6.07 Å². The van der Waals surface area contributed by atoms with Crippen LogP contribution in [0.25, 0.3) is 21.8 Å². The Hall–Kier alpha value is -1.23. The highest BCUT2D eigenvalue weighted by Crippen LogP contribution is 2.30. The number of hydrogen-bond donors (Lipinski definition) is 1. The van der Waals surface area contributed by atoms with Gasteiger partial charge >= 0.3 is 0 Å². The number of aromatic amines is 1. The van der Waals surface area contributed by atoms with Crippen molar-refractivity contribution in [3.05, 3.63) is 39.5 Å². The number of rotatable bonds is 1. The molecule has 3 aromatic rings. The third-order valence-electron chi connectivity index (χ3n) is 3.09. The van der Waals surface area contributed by atoms with Crippen molar-refractivity contribution in [1.29, 1.82) is 0 Å². The number of fused-ring (bicyclic) bond motifs is 3. The molecule has 0 saturated heterocycles.